The number of hydrogen-bond donors (Lipinski definition) is 2. The van der Waals surface area contributed by atoms with E-state index in [0.29, 0.717) is 12.6 Å². The highest BCUT2D eigenvalue weighted by molar-refractivity contribution is 14.0. The molecule has 28 heavy (non-hydrogen) atoms. The number of anilines is 1. The summed E-state index contributed by atoms with van der Waals surface area (Å²) >= 11 is 1.80. The molecule has 1 fully saturated rings. The SMILES string of the molecule is CN=C(NCC(C)(C)c1ccccc1F)NC1CCN(c2cccs2)CC1.I. The Kier molecular flexibility index (Phi) is 8.55. The van der Waals surface area contributed by atoms with E-state index in [1.165, 1.54) is 11.1 Å². The maximum atomic E-state index is 14.1. The van der Waals surface area contributed by atoms with Crippen LogP contribution in [0.25, 0.3) is 0 Å². The summed E-state index contributed by atoms with van der Waals surface area (Å²) in [5.74, 6) is 0.627. The van der Waals surface area contributed by atoms with Crippen molar-refractivity contribution in [3.05, 3.63) is 53.2 Å². The Labute approximate surface area is 188 Å². The molecule has 1 saturated heterocycles. The molecule has 1 aliphatic heterocycles. The summed E-state index contributed by atoms with van der Waals surface area (Å²) in [6, 6.07) is 11.7. The van der Waals surface area contributed by atoms with Crippen LogP contribution in [-0.2, 0) is 5.41 Å². The third-order valence-corrected chi connectivity index (χ3v) is 6.11. The second-order valence-electron chi connectivity index (χ2n) is 7.65. The van der Waals surface area contributed by atoms with Gasteiger partial charge in [-0.2, -0.15) is 0 Å². The number of thiophene rings is 1. The van der Waals surface area contributed by atoms with E-state index in [9.17, 15) is 4.39 Å². The van der Waals surface area contributed by atoms with E-state index in [1.807, 2.05) is 26.0 Å². The number of nitrogens with zero attached hydrogens (tertiary/aromatic N) is 2. The van der Waals surface area contributed by atoms with Crippen LogP contribution in [0, 0.1) is 5.82 Å². The first-order valence-corrected chi connectivity index (χ1v) is 10.4. The van der Waals surface area contributed by atoms with Crippen molar-refractivity contribution in [2.75, 3.05) is 31.6 Å². The Hall–Kier alpha value is -1.35. The molecule has 0 atom stereocenters. The quantitative estimate of drug-likeness (QED) is 0.346. The van der Waals surface area contributed by atoms with Crippen molar-refractivity contribution >= 4 is 46.3 Å². The molecule has 2 heterocycles. The maximum Gasteiger partial charge on any atom is 0.191 e. The molecule has 0 spiro atoms. The summed E-state index contributed by atoms with van der Waals surface area (Å²) < 4.78 is 14.1. The predicted molar refractivity (Wildman–Crippen MR) is 129 cm³/mol. The van der Waals surface area contributed by atoms with Crippen LogP contribution in [0.1, 0.15) is 32.3 Å². The molecule has 4 nitrogen and oxygen atoms in total. The molecule has 1 aromatic carbocycles. The molecule has 0 aliphatic carbocycles. The average molecular weight is 516 g/mol. The maximum absolute atomic E-state index is 14.1. The van der Waals surface area contributed by atoms with Crippen LogP contribution >= 0.6 is 35.3 Å². The molecule has 2 aromatic rings. The number of guanidine groups is 1. The number of rotatable bonds is 5. The van der Waals surface area contributed by atoms with Crippen LogP contribution in [0.15, 0.2) is 46.8 Å². The summed E-state index contributed by atoms with van der Waals surface area (Å²) in [5, 5.41) is 10.4. The largest absolute Gasteiger partial charge is 0.363 e. The van der Waals surface area contributed by atoms with Crippen molar-refractivity contribution in [1.29, 1.82) is 0 Å². The number of hydrogen-bond acceptors (Lipinski definition) is 3. The zero-order chi connectivity index (χ0) is 19.3. The van der Waals surface area contributed by atoms with Gasteiger partial charge in [-0.25, -0.2) is 4.39 Å². The van der Waals surface area contributed by atoms with Crippen molar-refractivity contribution in [2.45, 2.75) is 38.1 Å². The smallest absolute Gasteiger partial charge is 0.191 e. The molecule has 3 rings (SSSR count). The average Bonchev–Trinajstić information content (AvgIpc) is 3.20. The summed E-state index contributed by atoms with van der Waals surface area (Å²) in [6.07, 6.45) is 2.16. The molecule has 0 radical (unpaired) electrons. The third kappa shape index (κ3) is 5.83. The summed E-state index contributed by atoms with van der Waals surface area (Å²) in [4.78, 5) is 6.80. The van der Waals surface area contributed by atoms with Gasteiger partial charge in [0.25, 0.3) is 0 Å². The van der Waals surface area contributed by atoms with Gasteiger partial charge in [0, 0.05) is 38.1 Å². The van der Waals surface area contributed by atoms with Crippen LogP contribution < -0.4 is 15.5 Å². The zero-order valence-electron chi connectivity index (χ0n) is 16.7. The fraction of sp³-hybridized carbons (Fsp3) is 0.476. The Balaban J connectivity index is 0.00000280. The van der Waals surface area contributed by atoms with Gasteiger partial charge < -0.3 is 15.5 Å². The van der Waals surface area contributed by atoms with Crippen LogP contribution in [0.2, 0.25) is 0 Å². The van der Waals surface area contributed by atoms with Gasteiger partial charge in [-0.1, -0.05) is 32.0 Å². The molecule has 7 heteroatoms. The van der Waals surface area contributed by atoms with E-state index in [2.05, 4.69) is 38.0 Å². The van der Waals surface area contributed by atoms with Crippen LogP contribution in [0.4, 0.5) is 9.39 Å². The first-order valence-electron chi connectivity index (χ1n) is 9.50. The van der Waals surface area contributed by atoms with E-state index < -0.39 is 0 Å². The van der Waals surface area contributed by atoms with Gasteiger partial charge in [0.05, 0.1) is 5.00 Å². The molecular weight excluding hydrogens is 486 g/mol. The molecule has 0 unspecified atom stereocenters. The minimum absolute atomic E-state index is 0. The van der Waals surface area contributed by atoms with Crippen LogP contribution in [0.3, 0.4) is 0 Å². The second-order valence-corrected chi connectivity index (χ2v) is 8.57. The summed E-state index contributed by atoms with van der Waals surface area (Å²) in [7, 11) is 1.78. The third-order valence-electron chi connectivity index (χ3n) is 5.18. The highest BCUT2D eigenvalue weighted by Gasteiger charge is 2.25. The standard InChI is InChI=1S/C21H29FN4S.HI/c1-21(2,17-7-4-5-8-18(17)22)15-24-20(23-3)25-16-10-12-26(13-11-16)19-9-6-14-27-19;/h4-9,14,16H,10-13,15H2,1-3H3,(H2,23,24,25);1H. The zero-order valence-corrected chi connectivity index (χ0v) is 19.9. The molecule has 1 aromatic heterocycles. The van der Waals surface area contributed by atoms with E-state index in [-0.39, 0.29) is 35.2 Å². The fourth-order valence-electron chi connectivity index (χ4n) is 3.49. The van der Waals surface area contributed by atoms with Gasteiger partial charge in [0.1, 0.15) is 5.82 Å². The van der Waals surface area contributed by atoms with E-state index in [0.717, 1.165) is 37.5 Å². The molecule has 2 N–H and O–H groups in total. The van der Waals surface area contributed by atoms with Gasteiger partial charge in [-0.05, 0) is 42.0 Å². The molecule has 154 valence electrons. The molecule has 0 saturated carbocycles. The first-order chi connectivity index (χ1) is 13.0. The van der Waals surface area contributed by atoms with E-state index in [4.69, 9.17) is 0 Å². The number of halogens is 2. The van der Waals surface area contributed by atoms with Crippen LogP contribution in [-0.4, -0.2) is 38.7 Å². The lowest BCUT2D eigenvalue weighted by atomic mass is 9.84. The van der Waals surface area contributed by atoms with Crippen molar-refractivity contribution in [2.24, 2.45) is 4.99 Å². The number of nitrogens with one attached hydrogen (secondary N) is 2. The van der Waals surface area contributed by atoms with Crippen LogP contribution in [0.5, 0.6) is 0 Å². The molecule has 1 aliphatic rings. The van der Waals surface area contributed by atoms with Crippen molar-refractivity contribution in [3.63, 3.8) is 0 Å². The lowest BCUT2D eigenvalue weighted by Crippen LogP contribution is -2.50. The van der Waals surface area contributed by atoms with E-state index >= 15 is 0 Å². The van der Waals surface area contributed by atoms with Crippen molar-refractivity contribution < 1.29 is 4.39 Å². The number of benzene rings is 1. The normalized spacial score (nSPS) is 15.9. The minimum atomic E-state index is -0.328. The number of aliphatic imine (C=N–C) groups is 1. The summed E-state index contributed by atoms with van der Waals surface area (Å²) in [5.41, 5.74) is 0.392. The Morgan fingerprint density at radius 3 is 2.54 bits per heavy atom. The fourth-order valence-corrected chi connectivity index (χ4v) is 4.28. The lowest BCUT2D eigenvalue weighted by molar-refractivity contribution is 0.448. The Morgan fingerprint density at radius 1 is 1.21 bits per heavy atom. The second kappa shape index (κ2) is 10.4. The lowest BCUT2D eigenvalue weighted by Gasteiger charge is -2.34. The first kappa shape index (κ1) is 22.9. The highest BCUT2D eigenvalue weighted by Crippen LogP contribution is 2.26. The van der Waals surface area contributed by atoms with Gasteiger partial charge >= 0.3 is 0 Å². The van der Waals surface area contributed by atoms with Gasteiger partial charge in [-0.3, -0.25) is 4.99 Å². The molecule has 0 bridgehead atoms. The van der Waals surface area contributed by atoms with Crippen molar-refractivity contribution in [1.82, 2.24) is 10.6 Å². The van der Waals surface area contributed by atoms with Gasteiger partial charge in [0.15, 0.2) is 5.96 Å². The monoisotopic (exact) mass is 516 g/mol. The van der Waals surface area contributed by atoms with Crippen molar-refractivity contribution in [3.8, 4) is 0 Å². The molecule has 0 amide bonds. The van der Waals surface area contributed by atoms with Gasteiger partial charge in [-0.15, -0.1) is 35.3 Å². The minimum Gasteiger partial charge on any atom is -0.363 e. The predicted octanol–water partition coefficient (Wildman–Crippen LogP) is 4.62. The van der Waals surface area contributed by atoms with E-state index in [1.54, 1.807) is 24.5 Å². The Bertz CT molecular complexity index is 756. The summed E-state index contributed by atoms with van der Waals surface area (Å²) in [6.45, 7) is 6.81. The number of piperidine rings is 1. The molecular formula is C21H30FIN4S. The Morgan fingerprint density at radius 2 is 1.93 bits per heavy atom. The van der Waals surface area contributed by atoms with Gasteiger partial charge in [0.2, 0.25) is 0 Å². The topological polar surface area (TPSA) is 39.7 Å². The highest BCUT2D eigenvalue weighted by atomic mass is 127.